The van der Waals surface area contributed by atoms with E-state index in [-0.39, 0.29) is 5.91 Å². The van der Waals surface area contributed by atoms with Crippen molar-refractivity contribution in [2.75, 3.05) is 11.9 Å². The highest BCUT2D eigenvalue weighted by Gasteiger charge is 2.39. The van der Waals surface area contributed by atoms with Crippen LogP contribution < -0.4 is 10.6 Å². The molecule has 4 rings (SSSR count). The summed E-state index contributed by atoms with van der Waals surface area (Å²) >= 11 is 1.45. The number of pyridine rings is 1. The van der Waals surface area contributed by atoms with Gasteiger partial charge in [-0.15, -0.1) is 11.3 Å². The van der Waals surface area contributed by atoms with Gasteiger partial charge in [0.05, 0.1) is 11.2 Å². The van der Waals surface area contributed by atoms with Crippen molar-refractivity contribution in [3.05, 3.63) is 53.2 Å². The lowest BCUT2D eigenvalue weighted by Crippen LogP contribution is -2.61. The van der Waals surface area contributed by atoms with Crippen LogP contribution in [0.2, 0.25) is 0 Å². The van der Waals surface area contributed by atoms with E-state index in [1.54, 1.807) is 0 Å². The molecule has 1 amide bonds. The van der Waals surface area contributed by atoms with Crippen molar-refractivity contribution in [1.29, 1.82) is 0 Å². The molecule has 138 valence electrons. The summed E-state index contributed by atoms with van der Waals surface area (Å²) < 4.78 is 0. The van der Waals surface area contributed by atoms with Crippen molar-refractivity contribution in [3.63, 3.8) is 0 Å². The summed E-state index contributed by atoms with van der Waals surface area (Å²) in [5, 5.41) is 8.72. The Kier molecular flexibility index (Phi) is 4.53. The van der Waals surface area contributed by atoms with Gasteiger partial charge < -0.3 is 10.6 Å². The fraction of sp³-hybridized carbons (Fsp3) is 0.286. The maximum absolute atomic E-state index is 12.4. The van der Waals surface area contributed by atoms with Crippen molar-refractivity contribution in [1.82, 2.24) is 15.3 Å². The van der Waals surface area contributed by atoms with E-state index in [2.05, 4.69) is 44.9 Å². The lowest BCUT2D eigenvalue weighted by atomic mass is 9.89. The van der Waals surface area contributed by atoms with Gasteiger partial charge >= 0.3 is 0 Å². The van der Waals surface area contributed by atoms with Crippen LogP contribution in [0.4, 0.5) is 5.13 Å². The zero-order valence-electron chi connectivity index (χ0n) is 15.7. The number of thiazole rings is 1. The molecule has 1 saturated heterocycles. The van der Waals surface area contributed by atoms with Crippen molar-refractivity contribution in [2.45, 2.75) is 32.7 Å². The number of nitrogens with zero attached hydrogens (tertiary/aromatic N) is 2. The zero-order valence-corrected chi connectivity index (χ0v) is 16.5. The molecule has 0 bridgehead atoms. The number of aromatic nitrogens is 2. The molecule has 0 spiro atoms. The summed E-state index contributed by atoms with van der Waals surface area (Å²) in [6.07, 6.45) is 0.851. The first kappa shape index (κ1) is 17.8. The summed E-state index contributed by atoms with van der Waals surface area (Å²) in [6, 6.07) is 12.5. The van der Waals surface area contributed by atoms with Gasteiger partial charge in [0.1, 0.15) is 0 Å². The highest BCUT2D eigenvalue weighted by atomic mass is 32.1. The molecule has 1 aromatic carbocycles. The van der Waals surface area contributed by atoms with Gasteiger partial charge in [-0.2, -0.15) is 0 Å². The second kappa shape index (κ2) is 6.87. The van der Waals surface area contributed by atoms with Crippen molar-refractivity contribution >= 4 is 22.4 Å². The molecule has 1 fully saturated rings. The lowest BCUT2D eigenvalue weighted by molar-refractivity contribution is -0.124. The molecular weight excluding hydrogens is 356 g/mol. The smallest absolute Gasteiger partial charge is 0.246 e. The first-order valence-electron chi connectivity index (χ1n) is 9.01. The molecule has 3 aromatic rings. The van der Waals surface area contributed by atoms with Crippen molar-refractivity contribution in [3.8, 4) is 22.4 Å². The van der Waals surface area contributed by atoms with Crippen molar-refractivity contribution in [2.24, 2.45) is 0 Å². The Labute approximate surface area is 162 Å². The van der Waals surface area contributed by atoms with Crippen LogP contribution in [-0.4, -0.2) is 28.0 Å². The Balaban J connectivity index is 1.57. The highest BCUT2D eigenvalue weighted by molar-refractivity contribution is 7.14. The van der Waals surface area contributed by atoms with Gasteiger partial charge in [-0.25, -0.2) is 4.98 Å². The summed E-state index contributed by atoms with van der Waals surface area (Å²) in [4.78, 5) is 21.4. The third kappa shape index (κ3) is 3.63. The molecule has 2 N–H and O–H groups in total. The first-order chi connectivity index (χ1) is 12.9. The molecule has 0 saturated carbocycles. The van der Waals surface area contributed by atoms with Gasteiger partial charge in [-0.05, 0) is 63.1 Å². The van der Waals surface area contributed by atoms with Crippen LogP contribution in [0, 0.1) is 13.8 Å². The Morgan fingerprint density at radius 1 is 1.11 bits per heavy atom. The molecule has 0 aliphatic carbocycles. The Hall–Kier alpha value is -2.57. The number of rotatable bonds is 4. The topological polar surface area (TPSA) is 66.9 Å². The number of nitrogens with one attached hydrogen (secondary N) is 2. The van der Waals surface area contributed by atoms with Crippen LogP contribution in [0.15, 0.2) is 41.8 Å². The van der Waals surface area contributed by atoms with E-state index < -0.39 is 5.54 Å². The van der Waals surface area contributed by atoms with Crippen LogP contribution in [0.25, 0.3) is 22.4 Å². The number of amides is 1. The molecular formula is C21H22N4OS. The molecule has 0 unspecified atom stereocenters. The van der Waals surface area contributed by atoms with Gasteiger partial charge in [0, 0.05) is 22.3 Å². The maximum atomic E-state index is 12.4. The van der Waals surface area contributed by atoms with E-state index in [9.17, 15) is 4.79 Å². The number of carbonyl (C=O) groups excluding carboxylic acids is 1. The minimum absolute atomic E-state index is 0.0221. The number of anilines is 1. The molecule has 1 atom stereocenters. The SMILES string of the molecule is Cc1cc(-c2cccc(-c3csc(NC(=O)[C@]4(C)CCN4)n3)c2)cc(C)n1. The predicted molar refractivity (Wildman–Crippen MR) is 110 cm³/mol. The normalized spacial score (nSPS) is 18.8. The van der Waals surface area contributed by atoms with Gasteiger partial charge in [0.15, 0.2) is 5.13 Å². The number of hydrogen-bond donors (Lipinski definition) is 2. The number of aryl methyl sites for hydroxylation is 2. The van der Waals surface area contributed by atoms with E-state index in [4.69, 9.17) is 0 Å². The van der Waals surface area contributed by atoms with Crippen LogP contribution in [-0.2, 0) is 4.79 Å². The number of hydrogen-bond acceptors (Lipinski definition) is 5. The van der Waals surface area contributed by atoms with Gasteiger partial charge in [0.2, 0.25) is 5.91 Å². The maximum Gasteiger partial charge on any atom is 0.246 e. The van der Waals surface area contributed by atoms with Crippen LogP contribution in [0.5, 0.6) is 0 Å². The average molecular weight is 379 g/mol. The minimum atomic E-state index is -0.469. The zero-order chi connectivity index (χ0) is 19.0. The third-order valence-corrected chi connectivity index (χ3v) is 5.70. The van der Waals surface area contributed by atoms with E-state index in [1.807, 2.05) is 38.3 Å². The molecule has 27 heavy (non-hydrogen) atoms. The summed E-state index contributed by atoms with van der Waals surface area (Å²) in [5.74, 6) is -0.0221. The Bertz CT molecular complexity index is 987. The van der Waals surface area contributed by atoms with Crippen LogP contribution >= 0.6 is 11.3 Å². The van der Waals surface area contributed by atoms with E-state index in [0.29, 0.717) is 5.13 Å². The number of benzene rings is 1. The molecule has 3 heterocycles. The highest BCUT2D eigenvalue weighted by Crippen LogP contribution is 2.30. The molecule has 0 radical (unpaired) electrons. The molecule has 2 aromatic heterocycles. The van der Waals surface area contributed by atoms with Crippen LogP contribution in [0.1, 0.15) is 24.7 Å². The summed E-state index contributed by atoms with van der Waals surface area (Å²) in [7, 11) is 0. The molecule has 1 aliphatic rings. The summed E-state index contributed by atoms with van der Waals surface area (Å²) in [5.41, 5.74) is 5.72. The van der Waals surface area contributed by atoms with Gasteiger partial charge in [0.25, 0.3) is 0 Å². The third-order valence-electron chi connectivity index (χ3n) is 4.94. The Morgan fingerprint density at radius 3 is 2.48 bits per heavy atom. The van der Waals surface area contributed by atoms with Gasteiger partial charge in [-0.3, -0.25) is 9.78 Å². The van der Waals surface area contributed by atoms with E-state index >= 15 is 0 Å². The Morgan fingerprint density at radius 2 is 1.81 bits per heavy atom. The summed E-state index contributed by atoms with van der Waals surface area (Å²) in [6.45, 7) is 6.82. The average Bonchev–Trinajstić information content (AvgIpc) is 3.07. The quantitative estimate of drug-likeness (QED) is 0.715. The number of carbonyl (C=O) groups is 1. The largest absolute Gasteiger partial charge is 0.303 e. The molecule has 1 aliphatic heterocycles. The van der Waals surface area contributed by atoms with Crippen molar-refractivity contribution < 1.29 is 4.79 Å². The second-order valence-electron chi connectivity index (χ2n) is 7.22. The minimum Gasteiger partial charge on any atom is -0.303 e. The predicted octanol–water partition coefficient (Wildman–Crippen LogP) is 4.18. The van der Waals surface area contributed by atoms with Crippen LogP contribution in [0.3, 0.4) is 0 Å². The van der Waals surface area contributed by atoms with Gasteiger partial charge in [-0.1, -0.05) is 18.2 Å². The van der Waals surface area contributed by atoms with E-state index in [0.717, 1.165) is 46.7 Å². The fourth-order valence-corrected chi connectivity index (χ4v) is 3.97. The standard InChI is InChI=1S/C21H22N4OS/c1-13-9-17(10-14(2)23-13)15-5-4-6-16(11-15)18-12-27-20(24-18)25-19(26)21(3)7-8-22-21/h4-6,9-12,22H,7-8H2,1-3H3,(H,24,25,26)/t21-/m0/s1. The monoisotopic (exact) mass is 378 g/mol. The molecule has 5 nitrogen and oxygen atoms in total. The fourth-order valence-electron chi connectivity index (χ4n) is 3.25. The lowest BCUT2D eigenvalue weighted by Gasteiger charge is -2.37. The second-order valence-corrected chi connectivity index (χ2v) is 8.08. The van der Waals surface area contributed by atoms with E-state index in [1.165, 1.54) is 11.3 Å². The molecule has 6 heteroatoms. The first-order valence-corrected chi connectivity index (χ1v) is 9.89.